The molecule has 0 saturated carbocycles. The Kier molecular flexibility index (Phi) is 4.69. The third-order valence-corrected chi connectivity index (χ3v) is 3.05. The average molecular weight is 290 g/mol. The Hall–Kier alpha value is -1.94. The van der Waals surface area contributed by atoms with Crippen LogP contribution in [0.5, 0.6) is 0 Å². The molecule has 4 nitrogen and oxygen atoms in total. The first-order chi connectivity index (χ1) is 9.56. The number of nitrogens with one attached hydrogen (secondary N) is 1. The molecule has 0 atom stereocenters. The summed E-state index contributed by atoms with van der Waals surface area (Å²) in [7, 11) is 0. The van der Waals surface area contributed by atoms with Crippen LogP contribution < -0.4 is 5.32 Å². The van der Waals surface area contributed by atoms with Gasteiger partial charge in [-0.15, -0.1) is 0 Å². The van der Waals surface area contributed by atoms with E-state index in [0.29, 0.717) is 10.7 Å². The molecule has 104 valence electrons. The highest BCUT2D eigenvalue weighted by Gasteiger charge is 2.11. The lowest BCUT2D eigenvalue weighted by Crippen LogP contribution is -2.16. The summed E-state index contributed by atoms with van der Waals surface area (Å²) < 4.78 is 0. The molecule has 20 heavy (non-hydrogen) atoms. The van der Waals surface area contributed by atoms with Crippen LogP contribution in [-0.4, -0.2) is 15.9 Å². The number of anilines is 1. The van der Waals surface area contributed by atoms with Gasteiger partial charge in [0.05, 0.1) is 24.0 Å². The monoisotopic (exact) mass is 289 g/mol. The Labute approximate surface area is 123 Å². The van der Waals surface area contributed by atoms with Crippen molar-refractivity contribution >= 4 is 23.2 Å². The van der Waals surface area contributed by atoms with E-state index in [1.807, 2.05) is 26.0 Å². The maximum absolute atomic E-state index is 12.1. The van der Waals surface area contributed by atoms with Gasteiger partial charge in [0, 0.05) is 5.02 Å². The number of hydrogen-bond acceptors (Lipinski definition) is 3. The first kappa shape index (κ1) is 14.5. The molecule has 2 aromatic rings. The van der Waals surface area contributed by atoms with Gasteiger partial charge in [0.2, 0.25) is 5.91 Å². The number of carbonyl (C=O) groups excluding carboxylic acids is 1. The van der Waals surface area contributed by atoms with Gasteiger partial charge in [0.1, 0.15) is 6.33 Å². The summed E-state index contributed by atoms with van der Waals surface area (Å²) in [5, 5.41) is 3.48. The minimum Gasteiger partial charge on any atom is -0.323 e. The maximum atomic E-state index is 12.1. The van der Waals surface area contributed by atoms with Crippen molar-refractivity contribution < 1.29 is 4.79 Å². The third kappa shape index (κ3) is 3.78. The van der Waals surface area contributed by atoms with Crippen LogP contribution in [0.1, 0.15) is 31.0 Å². The lowest BCUT2D eigenvalue weighted by atomic mass is 10.1. The van der Waals surface area contributed by atoms with Crippen LogP contribution in [0.15, 0.2) is 36.8 Å². The van der Waals surface area contributed by atoms with Gasteiger partial charge in [-0.2, -0.15) is 0 Å². The van der Waals surface area contributed by atoms with Gasteiger partial charge in [-0.25, -0.2) is 9.97 Å². The van der Waals surface area contributed by atoms with E-state index < -0.39 is 0 Å². The van der Waals surface area contributed by atoms with E-state index in [9.17, 15) is 4.79 Å². The molecule has 1 aromatic carbocycles. The lowest BCUT2D eigenvalue weighted by molar-refractivity contribution is -0.115. The number of halogens is 1. The summed E-state index contributed by atoms with van der Waals surface area (Å²) in [5.74, 6) is 0.114. The number of nitrogens with zero attached hydrogens (tertiary/aromatic N) is 2. The van der Waals surface area contributed by atoms with Gasteiger partial charge < -0.3 is 5.32 Å². The van der Waals surface area contributed by atoms with E-state index in [2.05, 4.69) is 15.3 Å². The molecule has 5 heteroatoms. The minimum atomic E-state index is -0.107. The molecular formula is C15H16ClN3O. The molecule has 0 aliphatic heterocycles. The van der Waals surface area contributed by atoms with Crippen molar-refractivity contribution in [2.24, 2.45) is 0 Å². The standard InChI is InChI=1S/C15H16ClN3O/c1-10(2)15-13(8-17-9-18-15)19-14(20)7-11-4-3-5-12(16)6-11/h3-6,8-10H,7H2,1-2H3,(H,19,20). The molecule has 0 bridgehead atoms. The Morgan fingerprint density at radius 3 is 2.90 bits per heavy atom. The van der Waals surface area contributed by atoms with Crippen LogP contribution in [-0.2, 0) is 11.2 Å². The summed E-state index contributed by atoms with van der Waals surface area (Å²) in [6.45, 7) is 4.05. The fourth-order valence-corrected chi connectivity index (χ4v) is 2.14. The molecule has 1 aromatic heterocycles. The smallest absolute Gasteiger partial charge is 0.228 e. The van der Waals surface area contributed by atoms with E-state index in [-0.39, 0.29) is 18.2 Å². The predicted octanol–water partition coefficient (Wildman–Crippen LogP) is 3.43. The van der Waals surface area contributed by atoms with Crippen molar-refractivity contribution in [3.63, 3.8) is 0 Å². The van der Waals surface area contributed by atoms with E-state index in [4.69, 9.17) is 11.6 Å². The maximum Gasteiger partial charge on any atom is 0.228 e. The van der Waals surface area contributed by atoms with Gasteiger partial charge in [-0.05, 0) is 23.6 Å². The van der Waals surface area contributed by atoms with Gasteiger partial charge in [0.25, 0.3) is 0 Å². The largest absolute Gasteiger partial charge is 0.323 e. The molecular weight excluding hydrogens is 274 g/mol. The molecule has 0 radical (unpaired) electrons. The second-order valence-corrected chi connectivity index (χ2v) is 5.27. The van der Waals surface area contributed by atoms with Gasteiger partial charge >= 0.3 is 0 Å². The lowest BCUT2D eigenvalue weighted by Gasteiger charge is -2.11. The molecule has 0 aliphatic carbocycles. The molecule has 0 fully saturated rings. The normalized spacial score (nSPS) is 10.6. The van der Waals surface area contributed by atoms with Crippen molar-refractivity contribution in [3.05, 3.63) is 53.1 Å². The van der Waals surface area contributed by atoms with Crippen LogP contribution >= 0.6 is 11.6 Å². The zero-order valence-electron chi connectivity index (χ0n) is 11.4. The second-order valence-electron chi connectivity index (χ2n) is 4.83. The SMILES string of the molecule is CC(C)c1ncncc1NC(=O)Cc1cccc(Cl)c1. The van der Waals surface area contributed by atoms with Crippen LogP contribution in [0, 0.1) is 0 Å². The van der Waals surface area contributed by atoms with Crippen LogP contribution in [0.25, 0.3) is 0 Å². The molecule has 0 saturated heterocycles. The summed E-state index contributed by atoms with van der Waals surface area (Å²) in [5.41, 5.74) is 2.37. The zero-order valence-corrected chi connectivity index (χ0v) is 12.2. The first-order valence-electron chi connectivity index (χ1n) is 6.40. The summed E-state index contributed by atoms with van der Waals surface area (Å²) in [6.07, 6.45) is 3.38. The topological polar surface area (TPSA) is 54.9 Å². The number of hydrogen-bond donors (Lipinski definition) is 1. The zero-order chi connectivity index (χ0) is 14.5. The van der Waals surface area contributed by atoms with Crippen LogP contribution in [0.3, 0.4) is 0 Å². The van der Waals surface area contributed by atoms with E-state index in [1.54, 1.807) is 18.3 Å². The molecule has 0 unspecified atom stereocenters. The average Bonchev–Trinajstić information content (AvgIpc) is 2.38. The van der Waals surface area contributed by atoms with Crippen molar-refractivity contribution in [2.75, 3.05) is 5.32 Å². The quantitative estimate of drug-likeness (QED) is 0.938. The fraction of sp³-hybridized carbons (Fsp3) is 0.267. The highest BCUT2D eigenvalue weighted by molar-refractivity contribution is 6.30. The van der Waals surface area contributed by atoms with E-state index in [0.717, 1.165) is 11.3 Å². The minimum absolute atomic E-state index is 0.107. The molecule has 0 spiro atoms. The molecule has 0 aliphatic rings. The number of amides is 1. The second kappa shape index (κ2) is 6.48. The third-order valence-electron chi connectivity index (χ3n) is 2.82. The van der Waals surface area contributed by atoms with Crippen molar-refractivity contribution in [1.29, 1.82) is 0 Å². The fourth-order valence-electron chi connectivity index (χ4n) is 1.92. The summed E-state index contributed by atoms with van der Waals surface area (Å²) >= 11 is 5.90. The number of benzene rings is 1. The number of rotatable bonds is 4. The Morgan fingerprint density at radius 2 is 2.20 bits per heavy atom. The Bertz CT molecular complexity index is 614. The van der Waals surface area contributed by atoms with Gasteiger partial charge in [-0.3, -0.25) is 4.79 Å². The Morgan fingerprint density at radius 1 is 1.40 bits per heavy atom. The summed E-state index contributed by atoms with van der Waals surface area (Å²) in [6, 6.07) is 7.27. The van der Waals surface area contributed by atoms with Crippen molar-refractivity contribution in [2.45, 2.75) is 26.2 Å². The van der Waals surface area contributed by atoms with Crippen LogP contribution in [0.2, 0.25) is 5.02 Å². The molecule has 1 N–H and O–H groups in total. The number of aromatic nitrogens is 2. The van der Waals surface area contributed by atoms with Crippen LogP contribution in [0.4, 0.5) is 5.69 Å². The Balaban J connectivity index is 2.09. The highest BCUT2D eigenvalue weighted by Crippen LogP contribution is 2.20. The molecule has 1 heterocycles. The van der Waals surface area contributed by atoms with Gasteiger partial charge in [0.15, 0.2) is 0 Å². The predicted molar refractivity (Wildman–Crippen MR) is 79.9 cm³/mol. The highest BCUT2D eigenvalue weighted by atomic mass is 35.5. The molecule has 2 rings (SSSR count). The van der Waals surface area contributed by atoms with E-state index in [1.165, 1.54) is 6.33 Å². The van der Waals surface area contributed by atoms with Crippen molar-refractivity contribution in [3.8, 4) is 0 Å². The first-order valence-corrected chi connectivity index (χ1v) is 6.78. The van der Waals surface area contributed by atoms with Gasteiger partial charge in [-0.1, -0.05) is 37.6 Å². The summed E-state index contributed by atoms with van der Waals surface area (Å²) in [4.78, 5) is 20.2. The van der Waals surface area contributed by atoms with E-state index >= 15 is 0 Å². The molecule has 1 amide bonds. The van der Waals surface area contributed by atoms with Crippen molar-refractivity contribution in [1.82, 2.24) is 9.97 Å². The number of carbonyl (C=O) groups is 1.